The van der Waals surface area contributed by atoms with Gasteiger partial charge in [-0.25, -0.2) is 4.39 Å². The lowest BCUT2D eigenvalue weighted by Crippen LogP contribution is -2.43. The average molecular weight is 626 g/mol. The number of anilines is 2. The van der Waals surface area contributed by atoms with Crippen molar-refractivity contribution in [2.75, 3.05) is 12.4 Å². The van der Waals surface area contributed by atoms with Crippen LogP contribution < -0.4 is 10.1 Å². The lowest BCUT2D eigenvalue weighted by atomic mass is 9.84. The molecule has 3 N–H and O–H groups in total. The number of rotatable bonds is 8. The van der Waals surface area contributed by atoms with Crippen molar-refractivity contribution in [2.24, 2.45) is 0 Å². The van der Waals surface area contributed by atoms with E-state index in [1.807, 2.05) is 12.1 Å². The molecule has 0 spiro atoms. The molecule has 5 aromatic rings. The first-order valence-electron chi connectivity index (χ1n) is 12.4. The molecule has 0 saturated heterocycles. The molecule has 41 heavy (non-hydrogen) atoms. The van der Waals surface area contributed by atoms with Crippen LogP contribution in [0.4, 0.5) is 28.9 Å². The average Bonchev–Trinajstić information content (AvgIpc) is 3.31. The molecule has 1 unspecified atom stereocenters. The molecule has 210 valence electrons. The van der Waals surface area contributed by atoms with E-state index in [9.17, 15) is 22.7 Å². The van der Waals surface area contributed by atoms with E-state index in [2.05, 4.69) is 21.2 Å². The number of nitrogens with zero attached hydrogens (tertiary/aromatic N) is 1. The number of aliphatic hydroxyl groups is 1. The Bertz CT molecular complexity index is 1720. The van der Waals surface area contributed by atoms with E-state index in [-0.39, 0.29) is 23.1 Å². The molecule has 5 rings (SSSR count). The molecule has 1 atom stereocenters. The van der Waals surface area contributed by atoms with Crippen molar-refractivity contribution >= 4 is 44.4 Å². The van der Waals surface area contributed by atoms with Crippen LogP contribution >= 0.6 is 15.9 Å². The Hall–Kier alpha value is -4.15. The van der Waals surface area contributed by atoms with Crippen molar-refractivity contribution in [2.45, 2.75) is 18.3 Å². The summed E-state index contributed by atoms with van der Waals surface area (Å²) in [5, 5.41) is 22.7. The fraction of sp³-hybridized carbons (Fsp3) is 0.129. The minimum atomic E-state index is -5.11. The molecule has 0 bridgehead atoms. The molecule has 1 aromatic heterocycles. The lowest BCUT2D eigenvalue weighted by molar-refractivity contribution is -0.247. The van der Waals surface area contributed by atoms with E-state index in [0.29, 0.717) is 27.1 Å². The first-order chi connectivity index (χ1) is 19.5. The Morgan fingerprint density at radius 1 is 0.976 bits per heavy atom. The van der Waals surface area contributed by atoms with Crippen LogP contribution in [0.15, 0.2) is 95.6 Å². The van der Waals surface area contributed by atoms with Crippen molar-refractivity contribution in [3.8, 4) is 5.75 Å². The summed E-state index contributed by atoms with van der Waals surface area (Å²) in [7, 11) is 1.55. The fourth-order valence-electron chi connectivity index (χ4n) is 4.79. The summed E-state index contributed by atoms with van der Waals surface area (Å²) < 4.78 is 65.6. The van der Waals surface area contributed by atoms with Crippen molar-refractivity contribution < 1.29 is 27.4 Å². The van der Waals surface area contributed by atoms with Crippen LogP contribution in [0, 0.1) is 11.2 Å². The quantitative estimate of drug-likeness (QED) is 0.120. The van der Waals surface area contributed by atoms with Crippen LogP contribution in [-0.2, 0) is 12.1 Å². The number of fused-ring (bicyclic) bond motifs is 1. The van der Waals surface area contributed by atoms with Gasteiger partial charge in [0.1, 0.15) is 11.6 Å². The zero-order valence-electron chi connectivity index (χ0n) is 21.6. The third-order valence-electron chi connectivity index (χ3n) is 6.90. The Balaban J connectivity index is 1.63. The summed E-state index contributed by atoms with van der Waals surface area (Å²) in [4.78, 5) is 0. The van der Waals surface area contributed by atoms with Crippen molar-refractivity contribution in [1.29, 1.82) is 5.41 Å². The molecule has 0 fully saturated rings. The van der Waals surface area contributed by atoms with E-state index in [4.69, 9.17) is 10.1 Å². The maximum Gasteiger partial charge on any atom is 0.425 e. The lowest BCUT2D eigenvalue weighted by Gasteiger charge is -2.31. The Morgan fingerprint density at radius 3 is 2.32 bits per heavy atom. The number of benzene rings is 4. The zero-order chi connectivity index (χ0) is 29.4. The number of aromatic nitrogens is 1. The minimum Gasteiger partial charge on any atom is -0.497 e. The highest BCUT2D eigenvalue weighted by Gasteiger charge is 2.57. The second-order valence-electron chi connectivity index (χ2n) is 9.47. The van der Waals surface area contributed by atoms with Gasteiger partial charge in [-0.2, -0.15) is 13.2 Å². The molecule has 5 nitrogen and oxygen atoms in total. The molecule has 1 heterocycles. The van der Waals surface area contributed by atoms with Crippen LogP contribution in [0.3, 0.4) is 0 Å². The van der Waals surface area contributed by atoms with Crippen molar-refractivity contribution in [1.82, 2.24) is 4.57 Å². The number of hydrogen-bond acceptors (Lipinski definition) is 4. The second kappa shape index (κ2) is 11.0. The highest BCUT2D eigenvalue weighted by molar-refractivity contribution is 9.10. The molecule has 0 saturated carbocycles. The van der Waals surface area contributed by atoms with Gasteiger partial charge >= 0.3 is 6.18 Å². The van der Waals surface area contributed by atoms with Crippen LogP contribution in [0.1, 0.15) is 22.3 Å². The molecule has 0 radical (unpaired) electrons. The monoisotopic (exact) mass is 625 g/mol. The molecular formula is C31H24BrF4N3O2. The molecule has 0 amide bonds. The summed E-state index contributed by atoms with van der Waals surface area (Å²) in [6.07, 6.45) is -2.88. The maximum atomic E-state index is 14.9. The van der Waals surface area contributed by atoms with Gasteiger partial charge < -0.3 is 25.1 Å². The van der Waals surface area contributed by atoms with Crippen molar-refractivity contribution in [3.63, 3.8) is 0 Å². The molecular weight excluding hydrogens is 602 g/mol. The molecule has 4 aromatic carbocycles. The van der Waals surface area contributed by atoms with Gasteiger partial charge in [-0.15, -0.1) is 0 Å². The first-order valence-corrected chi connectivity index (χ1v) is 13.2. The standard InChI is InChI=1S/C31H24BrF4N3O2/c1-41-25-10-2-19(3-11-25)17-39-18-27(26-12-5-22(32)15-29(26)39)30(40,31(34,35)36)21-4-13-28(20(14-21)16-37)38-24-8-6-23(33)7-9-24/h2-16,18,37-38,40H,17H2,1H3. The molecule has 10 heteroatoms. The number of hydrogen-bond donors (Lipinski definition) is 3. The summed E-state index contributed by atoms with van der Waals surface area (Å²) in [6, 6.07) is 21.1. The van der Waals surface area contributed by atoms with E-state index in [0.717, 1.165) is 17.8 Å². The SMILES string of the molecule is COc1ccc(Cn2cc(C(O)(c3ccc(Nc4ccc(F)cc4)c(C=N)c3)C(F)(F)F)c3ccc(Br)cc32)cc1. The van der Waals surface area contributed by atoms with Crippen LogP contribution in [0.5, 0.6) is 5.75 Å². The minimum absolute atomic E-state index is 0.110. The topological polar surface area (TPSA) is 70.3 Å². The first kappa shape index (κ1) is 28.4. The molecule has 0 aliphatic carbocycles. The van der Waals surface area contributed by atoms with E-state index < -0.39 is 23.2 Å². The summed E-state index contributed by atoms with van der Waals surface area (Å²) in [6.45, 7) is 0.247. The Kier molecular flexibility index (Phi) is 7.63. The second-order valence-corrected chi connectivity index (χ2v) is 10.4. The number of alkyl halides is 3. The van der Waals surface area contributed by atoms with Crippen LogP contribution in [0.2, 0.25) is 0 Å². The van der Waals surface area contributed by atoms with E-state index in [1.165, 1.54) is 48.7 Å². The summed E-state index contributed by atoms with van der Waals surface area (Å²) in [5.41, 5.74) is -1.93. The van der Waals surface area contributed by atoms with Gasteiger partial charge in [-0.05, 0) is 71.8 Å². The maximum absolute atomic E-state index is 14.9. The Morgan fingerprint density at radius 2 is 1.68 bits per heavy atom. The van der Waals surface area contributed by atoms with E-state index in [1.54, 1.807) is 35.9 Å². The van der Waals surface area contributed by atoms with Gasteiger partial charge in [-0.3, -0.25) is 0 Å². The number of nitrogens with one attached hydrogen (secondary N) is 2. The third-order valence-corrected chi connectivity index (χ3v) is 7.40. The predicted octanol–water partition coefficient (Wildman–Crippen LogP) is 8.14. The van der Waals surface area contributed by atoms with Gasteiger partial charge in [0.25, 0.3) is 0 Å². The van der Waals surface area contributed by atoms with Gasteiger partial charge in [-0.1, -0.05) is 40.2 Å². The smallest absolute Gasteiger partial charge is 0.425 e. The van der Waals surface area contributed by atoms with Gasteiger partial charge in [0.2, 0.25) is 5.60 Å². The zero-order valence-corrected chi connectivity index (χ0v) is 23.2. The largest absolute Gasteiger partial charge is 0.497 e. The summed E-state index contributed by atoms with van der Waals surface area (Å²) in [5.74, 6) is 0.215. The number of halogens is 5. The van der Waals surface area contributed by atoms with Gasteiger partial charge in [0.05, 0.1) is 7.11 Å². The van der Waals surface area contributed by atoms with Crippen LogP contribution in [0.25, 0.3) is 10.9 Å². The highest BCUT2D eigenvalue weighted by Crippen LogP contribution is 2.48. The highest BCUT2D eigenvalue weighted by atomic mass is 79.9. The third kappa shape index (κ3) is 5.45. The molecule has 0 aliphatic heterocycles. The normalized spacial score (nSPS) is 13.1. The number of ether oxygens (including phenoxy) is 1. The van der Waals surface area contributed by atoms with E-state index >= 15 is 0 Å². The Labute approximate surface area is 241 Å². The van der Waals surface area contributed by atoms with Crippen LogP contribution in [-0.4, -0.2) is 29.2 Å². The fourth-order valence-corrected chi connectivity index (χ4v) is 5.14. The van der Waals surface area contributed by atoms with Gasteiger partial charge in [0.15, 0.2) is 0 Å². The number of methoxy groups -OCH3 is 1. The van der Waals surface area contributed by atoms with Crippen molar-refractivity contribution in [3.05, 3.63) is 124 Å². The molecule has 0 aliphatic rings. The van der Waals surface area contributed by atoms with Gasteiger partial charge in [0, 0.05) is 56.8 Å². The predicted molar refractivity (Wildman–Crippen MR) is 155 cm³/mol. The summed E-state index contributed by atoms with van der Waals surface area (Å²) >= 11 is 3.41.